The van der Waals surface area contributed by atoms with E-state index in [1.54, 1.807) is 0 Å². The van der Waals surface area contributed by atoms with Gasteiger partial charge in [-0.3, -0.25) is 4.79 Å². The zero-order valence-electron chi connectivity index (χ0n) is 15.1. The normalized spacial score (nSPS) is 13.7. The van der Waals surface area contributed by atoms with E-state index >= 15 is 0 Å². The standard InChI is InChI=1S/C22H20N4O/c1-15-7-8-19-16(11-15)12-20(24-19)22(27)25-10-9-21-17(14-25)13-23-26(21)18-5-3-2-4-6-18/h2-8,11-13,24H,9-10,14H2,1H3. The molecule has 5 heteroatoms. The summed E-state index contributed by atoms with van der Waals surface area (Å²) in [5.41, 5.74) is 6.21. The van der Waals surface area contributed by atoms with Gasteiger partial charge in [0.15, 0.2) is 0 Å². The lowest BCUT2D eigenvalue weighted by Gasteiger charge is -2.27. The molecule has 0 fully saturated rings. The van der Waals surface area contributed by atoms with Gasteiger partial charge in [0.05, 0.1) is 17.6 Å². The van der Waals surface area contributed by atoms with Gasteiger partial charge in [0.2, 0.25) is 0 Å². The largest absolute Gasteiger partial charge is 0.351 e. The summed E-state index contributed by atoms with van der Waals surface area (Å²) < 4.78 is 1.99. The van der Waals surface area contributed by atoms with E-state index < -0.39 is 0 Å². The van der Waals surface area contributed by atoms with Crippen molar-refractivity contribution in [3.05, 3.63) is 83.3 Å². The van der Waals surface area contributed by atoms with Crippen molar-refractivity contribution in [2.75, 3.05) is 6.54 Å². The van der Waals surface area contributed by atoms with Crippen molar-refractivity contribution in [3.63, 3.8) is 0 Å². The second kappa shape index (κ2) is 6.13. The number of para-hydroxylation sites is 1. The summed E-state index contributed by atoms with van der Waals surface area (Å²) in [5, 5.41) is 5.63. The summed E-state index contributed by atoms with van der Waals surface area (Å²) >= 11 is 0. The molecule has 0 saturated carbocycles. The molecule has 0 radical (unpaired) electrons. The van der Waals surface area contributed by atoms with E-state index in [4.69, 9.17) is 0 Å². The third-order valence-electron chi connectivity index (χ3n) is 5.23. The Labute approximate surface area is 157 Å². The van der Waals surface area contributed by atoms with E-state index in [9.17, 15) is 4.79 Å². The zero-order valence-corrected chi connectivity index (χ0v) is 15.1. The van der Waals surface area contributed by atoms with Gasteiger partial charge in [0.25, 0.3) is 5.91 Å². The molecule has 27 heavy (non-hydrogen) atoms. The van der Waals surface area contributed by atoms with Crippen molar-refractivity contribution in [1.82, 2.24) is 19.7 Å². The minimum atomic E-state index is 0.0435. The molecular formula is C22H20N4O. The highest BCUT2D eigenvalue weighted by molar-refractivity contribution is 5.98. The number of fused-ring (bicyclic) bond motifs is 2. The van der Waals surface area contributed by atoms with Crippen molar-refractivity contribution in [1.29, 1.82) is 0 Å². The molecule has 5 rings (SSSR count). The van der Waals surface area contributed by atoms with Gasteiger partial charge < -0.3 is 9.88 Å². The molecular weight excluding hydrogens is 336 g/mol. The molecule has 0 aliphatic carbocycles. The first-order chi connectivity index (χ1) is 13.2. The van der Waals surface area contributed by atoms with Crippen molar-refractivity contribution < 1.29 is 4.79 Å². The highest BCUT2D eigenvalue weighted by atomic mass is 16.2. The molecule has 1 N–H and O–H groups in total. The zero-order chi connectivity index (χ0) is 18.4. The third kappa shape index (κ3) is 2.72. The topological polar surface area (TPSA) is 53.9 Å². The molecule has 3 heterocycles. The fourth-order valence-electron chi connectivity index (χ4n) is 3.83. The Balaban J connectivity index is 1.42. The summed E-state index contributed by atoms with van der Waals surface area (Å²) in [6.07, 6.45) is 2.69. The van der Waals surface area contributed by atoms with Gasteiger partial charge in [-0.2, -0.15) is 5.10 Å². The number of H-pyrrole nitrogens is 1. The molecule has 0 unspecified atom stereocenters. The number of carbonyl (C=O) groups excluding carboxylic acids is 1. The maximum absolute atomic E-state index is 13.0. The van der Waals surface area contributed by atoms with Gasteiger partial charge in [-0.05, 0) is 37.3 Å². The van der Waals surface area contributed by atoms with E-state index in [1.807, 2.05) is 46.1 Å². The van der Waals surface area contributed by atoms with Crippen molar-refractivity contribution in [2.24, 2.45) is 0 Å². The fraction of sp³-hybridized carbons (Fsp3) is 0.182. The molecule has 1 amide bonds. The molecule has 0 bridgehead atoms. The first kappa shape index (κ1) is 15.9. The molecule has 2 aromatic heterocycles. The number of hydrogen-bond donors (Lipinski definition) is 1. The van der Waals surface area contributed by atoms with Gasteiger partial charge in [-0.1, -0.05) is 29.8 Å². The van der Waals surface area contributed by atoms with Crippen LogP contribution in [0, 0.1) is 6.92 Å². The maximum Gasteiger partial charge on any atom is 0.270 e. The Kier molecular flexibility index (Phi) is 3.60. The van der Waals surface area contributed by atoms with Crippen LogP contribution in [0.5, 0.6) is 0 Å². The number of benzene rings is 2. The molecule has 0 atom stereocenters. The smallest absolute Gasteiger partial charge is 0.270 e. The number of aryl methyl sites for hydroxylation is 1. The third-order valence-corrected chi connectivity index (χ3v) is 5.23. The number of aromatic amines is 1. The number of hydrogen-bond acceptors (Lipinski definition) is 2. The van der Waals surface area contributed by atoms with Crippen LogP contribution in [0.3, 0.4) is 0 Å². The lowest BCUT2D eigenvalue weighted by Crippen LogP contribution is -2.36. The van der Waals surface area contributed by atoms with Crippen LogP contribution in [0.4, 0.5) is 0 Å². The van der Waals surface area contributed by atoms with E-state index in [-0.39, 0.29) is 5.91 Å². The van der Waals surface area contributed by atoms with Crippen molar-refractivity contribution in [2.45, 2.75) is 19.9 Å². The lowest BCUT2D eigenvalue weighted by atomic mass is 10.1. The van der Waals surface area contributed by atoms with Crippen LogP contribution in [0.15, 0.2) is 60.8 Å². The van der Waals surface area contributed by atoms with Gasteiger partial charge in [-0.25, -0.2) is 4.68 Å². The number of nitrogens with one attached hydrogen (secondary N) is 1. The summed E-state index contributed by atoms with van der Waals surface area (Å²) in [7, 11) is 0. The van der Waals surface area contributed by atoms with Gasteiger partial charge >= 0.3 is 0 Å². The minimum absolute atomic E-state index is 0.0435. The molecule has 1 aliphatic rings. The van der Waals surface area contributed by atoms with E-state index in [1.165, 1.54) is 11.3 Å². The molecule has 0 saturated heterocycles. The second-order valence-corrected chi connectivity index (χ2v) is 7.11. The van der Waals surface area contributed by atoms with Crippen molar-refractivity contribution >= 4 is 16.8 Å². The number of aromatic nitrogens is 3. The predicted molar refractivity (Wildman–Crippen MR) is 105 cm³/mol. The Morgan fingerprint density at radius 2 is 1.96 bits per heavy atom. The molecule has 2 aromatic carbocycles. The number of carbonyl (C=O) groups is 1. The van der Waals surface area contributed by atoms with Crippen LogP contribution in [0.25, 0.3) is 16.6 Å². The van der Waals surface area contributed by atoms with Gasteiger partial charge in [-0.15, -0.1) is 0 Å². The molecule has 5 nitrogen and oxygen atoms in total. The monoisotopic (exact) mass is 356 g/mol. The SMILES string of the molecule is Cc1ccc2[nH]c(C(=O)N3CCc4c(cnn4-c4ccccc4)C3)cc2c1. The minimum Gasteiger partial charge on any atom is -0.351 e. The summed E-state index contributed by atoms with van der Waals surface area (Å²) in [5.74, 6) is 0.0435. The summed E-state index contributed by atoms with van der Waals surface area (Å²) in [4.78, 5) is 18.2. The average molecular weight is 356 g/mol. The highest BCUT2D eigenvalue weighted by Crippen LogP contribution is 2.24. The van der Waals surface area contributed by atoms with Gasteiger partial charge in [0, 0.05) is 36.0 Å². The Bertz CT molecular complexity index is 1140. The Morgan fingerprint density at radius 3 is 2.81 bits per heavy atom. The molecule has 134 valence electrons. The lowest BCUT2D eigenvalue weighted by molar-refractivity contribution is 0.0729. The number of rotatable bonds is 2. The quantitative estimate of drug-likeness (QED) is 0.593. The van der Waals surface area contributed by atoms with Crippen LogP contribution in [0.1, 0.15) is 27.3 Å². The maximum atomic E-state index is 13.0. The summed E-state index contributed by atoms with van der Waals surface area (Å²) in [6.45, 7) is 3.35. The highest BCUT2D eigenvalue weighted by Gasteiger charge is 2.26. The number of amides is 1. The molecule has 1 aliphatic heterocycles. The first-order valence-electron chi connectivity index (χ1n) is 9.19. The van der Waals surface area contributed by atoms with Crippen LogP contribution in [-0.2, 0) is 13.0 Å². The Morgan fingerprint density at radius 1 is 1.11 bits per heavy atom. The first-order valence-corrected chi connectivity index (χ1v) is 9.19. The Hall–Kier alpha value is -3.34. The number of nitrogens with zero attached hydrogens (tertiary/aromatic N) is 3. The van der Waals surface area contributed by atoms with Crippen LogP contribution in [0.2, 0.25) is 0 Å². The molecule has 0 spiro atoms. The predicted octanol–water partition coefficient (Wildman–Crippen LogP) is 3.86. The fourth-order valence-corrected chi connectivity index (χ4v) is 3.83. The van der Waals surface area contributed by atoms with E-state index in [0.29, 0.717) is 18.8 Å². The van der Waals surface area contributed by atoms with Crippen LogP contribution >= 0.6 is 0 Å². The van der Waals surface area contributed by atoms with E-state index in [2.05, 4.69) is 41.3 Å². The van der Waals surface area contributed by atoms with Gasteiger partial charge in [0.1, 0.15) is 5.69 Å². The van der Waals surface area contributed by atoms with Crippen LogP contribution in [-0.4, -0.2) is 32.1 Å². The molecule has 4 aromatic rings. The van der Waals surface area contributed by atoms with E-state index in [0.717, 1.165) is 28.6 Å². The second-order valence-electron chi connectivity index (χ2n) is 7.11. The summed E-state index contributed by atoms with van der Waals surface area (Å²) in [6, 6.07) is 18.3. The average Bonchev–Trinajstić information content (AvgIpc) is 3.31. The van der Waals surface area contributed by atoms with Crippen molar-refractivity contribution in [3.8, 4) is 5.69 Å². The van der Waals surface area contributed by atoms with Crippen LogP contribution < -0.4 is 0 Å².